The number of anilines is 2. The first kappa shape index (κ1) is 18.8. The Bertz CT molecular complexity index is 859. The third-order valence-electron chi connectivity index (χ3n) is 2.62. The first-order valence-electron chi connectivity index (χ1n) is 7.37. The van der Waals surface area contributed by atoms with Crippen LogP contribution in [0.2, 0.25) is 0 Å². The molecular formula is C13H14N8OS4. The molecule has 0 fully saturated rings. The monoisotopic (exact) mass is 426 g/mol. The SMILES string of the molecule is CCSc1nnc(NC(=O)CSc2n[nH]c(N/N=C\c3cccs3)n2)s1. The van der Waals surface area contributed by atoms with Gasteiger partial charge in [-0.2, -0.15) is 10.1 Å². The topological polar surface area (TPSA) is 121 Å². The minimum Gasteiger partial charge on any atom is -0.300 e. The van der Waals surface area contributed by atoms with E-state index >= 15 is 0 Å². The molecule has 0 aliphatic rings. The third kappa shape index (κ3) is 5.79. The van der Waals surface area contributed by atoms with Crippen molar-refractivity contribution in [2.75, 3.05) is 22.2 Å². The largest absolute Gasteiger partial charge is 0.300 e. The summed E-state index contributed by atoms with van der Waals surface area (Å²) < 4.78 is 0.836. The molecule has 3 rings (SSSR count). The minimum absolute atomic E-state index is 0.172. The lowest BCUT2D eigenvalue weighted by Gasteiger charge is -1.98. The molecule has 0 spiro atoms. The fourth-order valence-corrected chi connectivity index (χ4v) is 4.46. The van der Waals surface area contributed by atoms with Gasteiger partial charge in [0.05, 0.1) is 12.0 Å². The molecule has 0 unspecified atom stereocenters. The van der Waals surface area contributed by atoms with Gasteiger partial charge in [0.15, 0.2) is 4.34 Å². The van der Waals surface area contributed by atoms with Crippen LogP contribution in [-0.4, -0.2) is 49.0 Å². The summed E-state index contributed by atoms with van der Waals surface area (Å²) in [5, 5.41) is 24.4. The summed E-state index contributed by atoms with van der Waals surface area (Å²) in [6.07, 6.45) is 1.70. The van der Waals surface area contributed by atoms with Crippen molar-refractivity contribution in [2.45, 2.75) is 16.4 Å². The van der Waals surface area contributed by atoms with Crippen molar-refractivity contribution in [2.24, 2.45) is 5.10 Å². The lowest BCUT2D eigenvalue weighted by Crippen LogP contribution is -2.13. The number of aromatic nitrogens is 5. The van der Waals surface area contributed by atoms with Crippen molar-refractivity contribution in [3.8, 4) is 0 Å². The highest BCUT2D eigenvalue weighted by Crippen LogP contribution is 2.25. The number of thioether (sulfide) groups is 2. The van der Waals surface area contributed by atoms with Gasteiger partial charge >= 0.3 is 0 Å². The molecule has 3 aromatic heterocycles. The molecule has 0 radical (unpaired) electrons. The molecule has 1 amide bonds. The maximum absolute atomic E-state index is 12.0. The van der Waals surface area contributed by atoms with Gasteiger partial charge in [-0.25, -0.2) is 10.5 Å². The molecule has 3 heterocycles. The lowest BCUT2D eigenvalue weighted by molar-refractivity contribution is -0.113. The van der Waals surface area contributed by atoms with Crippen LogP contribution in [0.15, 0.2) is 32.1 Å². The predicted molar refractivity (Wildman–Crippen MR) is 108 cm³/mol. The van der Waals surface area contributed by atoms with E-state index in [0.29, 0.717) is 16.2 Å². The van der Waals surface area contributed by atoms with Gasteiger partial charge in [-0.15, -0.1) is 26.6 Å². The normalized spacial score (nSPS) is 11.1. The number of nitrogens with one attached hydrogen (secondary N) is 3. The Hall–Kier alpha value is -1.96. The van der Waals surface area contributed by atoms with Crippen molar-refractivity contribution in [1.82, 2.24) is 25.4 Å². The highest BCUT2D eigenvalue weighted by molar-refractivity contribution is 8.01. The number of thiophene rings is 1. The van der Waals surface area contributed by atoms with Crippen LogP contribution >= 0.6 is 46.2 Å². The van der Waals surface area contributed by atoms with Gasteiger partial charge in [-0.3, -0.25) is 10.1 Å². The van der Waals surface area contributed by atoms with Gasteiger partial charge in [0.2, 0.25) is 22.1 Å². The van der Waals surface area contributed by atoms with Crippen LogP contribution in [0.1, 0.15) is 11.8 Å². The number of rotatable bonds is 9. The summed E-state index contributed by atoms with van der Waals surface area (Å²) in [5.74, 6) is 1.31. The second kappa shape index (κ2) is 9.66. The van der Waals surface area contributed by atoms with Crippen LogP contribution in [-0.2, 0) is 4.79 Å². The molecule has 3 N–H and O–H groups in total. The van der Waals surface area contributed by atoms with Crippen LogP contribution < -0.4 is 10.7 Å². The van der Waals surface area contributed by atoms with E-state index in [0.717, 1.165) is 15.0 Å². The Morgan fingerprint density at radius 2 is 2.35 bits per heavy atom. The molecule has 136 valence electrons. The molecule has 0 aromatic carbocycles. The summed E-state index contributed by atoms with van der Waals surface area (Å²) in [5.41, 5.74) is 2.76. The number of hydrogen-bond acceptors (Lipinski definition) is 11. The first-order valence-corrected chi connectivity index (χ1v) is 11.0. The maximum atomic E-state index is 12.0. The quantitative estimate of drug-likeness (QED) is 0.207. The average Bonchev–Trinajstić information content (AvgIpc) is 3.36. The Labute approximate surface area is 165 Å². The van der Waals surface area contributed by atoms with Gasteiger partial charge in [0.1, 0.15) is 0 Å². The number of hydrazone groups is 1. The molecule has 0 bridgehead atoms. The molecule has 0 aliphatic carbocycles. The van der Waals surface area contributed by atoms with E-state index < -0.39 is 0 Å². The van der Waals surface area contributed by atoms with E-state index in [1.165, 1.54) is 23.1 Å². The number of aromatic amines is 1. The number of amides is 1. The molecule has 0 saturated carbocycles. The van der Waals surface area contributed by atoms with Gasteiger partial charge in [0, 0.05) is 4.88 Å². The van der Waals surface area contributed by atoms with Gasteiger partial charge in [-0.1, -0.05) is 47.9 Å². The Morgan fingerprint density at radius 3 is 3.15 bits per heavy atom. The Balaban J connectivity index is 1.42. The summed E-state index contributed by atoms with van der Waals surface area (Å²) in [6, 6.07) is 3.91. The second-order valence-electron chi connectivity index (χ2n) is 4.49. The second-order valence-corrected chi connectivity index (χ2v) is 8.91. The summed E-state index contributed by atoms with van der Waals surface area (Å²) in [4.78, 5) is 17.2. The molecule has 0 saturated heterocycles. The van der Waals surface area contributed by atoms with E-state index in [1.54, 1.807) is 29.3 Å². The molecular weight excluding hydrogens is 412 g/mol. The van der Waals surface area contributed by atoms with Crippen molar-refractivity contribution in [3.63, 3.8) is 0 Å². The maximum Gasteiger partial charge on any atom is 0.240 e. The number of nitrogens with zero attached hydrogens (tertiary/aromatic N) is 5. The third-order valence-corrected chi connectivity index (χ3v) is 6.13. The van der Waals surface area contributed by atoms with Crippen LogP contribution in [0, 0.1) is 0 Å². The summed E-state index contributed by atoms with van der Waals surface area (Å²) >= 11 is 5.74. The number of carbonyl (C=O) groups excluding carboxylic acids is 1. The zero-order valence-corrected chi connectivity index (χ0v) is 16.8. The van der Waals surface area contributed by atoms with Gasteiger partial charge in [-0.05, 0) is 17.2 Å². The lowest BCUT2D eigenvalue weighted by atomic mass is 10.5. The fourth-order valence-electron chi connectivity index (χ4n) is 1.61. The van der Waals surface area contributed by atoms with Gasteiger partial charge in [0.25, 0.3) is 0 Å². The van der Waals surface area contributed by atoms with E-state index in [-0.39, 0.29) is 11.7 Å². The van der Waals surface area contributed by atoms with E-state index in [2.05, 4.69) is 41.2 Å². The molecule has 26 heavy (non-hydrogen) atoms. The smallest absolute Gasteiger partial charge is 0.240 e. The van der Waals surface area contributed by atoms with E-state index in [4.69, 9.17) is 0 Å². The average molecular weight is 427 g/mol. The van der Waals surface area contributed by atoms with Gasteiger partial charge < -0.3 is 0 Å². The number of hydrogen-bond donors (Lipinski definition) is 3. The van der Waals surface area contributed by atoms with Crippen LogP contribution in [0.4, 0.5) is 11.1 Å². The van der Waals surface area contributed by atoms with Crippen molar-refractivity contribution in [1.29, 1.82) is 0 Å². The standard InChI is InChI=1S/C13H14N8OS4/c1-2-23-13-21-20-12(26-13)15-9(22)7-25-11-16-10(18-19-11)17-14-6-8-4-3-5-24-8/h3-6H,2,7H2,1H3,(H,15,20,22)(H2,16,17,18,19)/b14-6-. The van der Waals surface area contributed by atoms with Crippen LogP contribution in [0.25, 0.3) is 0 Å². The van der Waals surface area contributed by atoms with Crippen molar-refractivity contribution >= 4 is 69.4 Å². The summed E-state index contributed by atoms with van der Waals surface area (Å²) in [7, 11) is 0. The highest BCUT2D eigenvalue weighted by atomic mass is 32.2. The molecule has 0 atom stereocenters. The molecule has 0 aliphatic heterocycles. The summed E-state index contributed by atoms with van der Waals surface area (Å²) in [6.45, 7) is 2.04. The first-order chi connectivity index (χ1) is 12.7. The van der Waals surface area contributed by atoms with E-state index in [9.17, 15) is 4.79 Å². The molecule has 9 nitrogen and oxygen atoms in total. The fraction of sp³-hybridized carbons (Fsp3) is 0.231. The van der Waals surface area contributed by atoms with E-state index in [1.807, 2.05) is 24.4 Å². The zero-order valence-electron chi connectivity index (χ0n) is 13.5. The zero-order chi connectivity index (χ0) is 18.2. The minimum atomic E-state index is -0.186. The Kier molecular flexibility index (Phi) is 6.99. The van der Waals surface area contributed by atoms with Crippen molar-refractivity contribution in [3.05, 3.63) is 22.4 Å². The Morgan fingerprint density at radius 1 is 1.42 bits per heavy atom. The highest BCUT2D eigenvalue weighted by Gasteiger charge is 2.10. The number of H-pyrrole nitrogens is 1. The van der Waals surface area contributed by atoms with Crippen LogP contribution in [0.3, 0.4) is 0 Å². The molecule has 3 aromatic rings. The van der Waals surface area contributed by atoms with Crippen molar-refractivity contribution < 1.29 is 4.79 Å². The molecule has 13 heteroatoms. The van der Waals surface area contributed by atoms with Crippen LogP contribution in [0.5, 0.6) is 0 Å². The predicted octanol–water partition coefficient (Wildman–Crippen LogP) is 3.01. The number of carbonyl (C=O) groups is 1.